The molecular weight excluding hydrogens is 502 g/mol. The molecule has 1 fully saturated rings. The molecule has 8 nitrogen and oxygen atoms in total. The number of carbonyl (C=O) groups excluding carboxylic acids is 3. The van der Waals surface area contributed by atoms with Crippen LogP contribution in [0.1, 0.15) is 31.0 Å². The third kappa shape index (κ3) is 5.66. The van der Waals surface area contributed by atoms with Gasteiger partial charge in [0.1, 0.15) is 11.5 Å². The minimum Gasteiger partial charge on any atom is -0.507 e. The predicted octanol–water partition coefficient (Wildman–Crippen LogP) is 3.08. The Kier molecular flexibility index (Phi) is 8.46. The van der Waals surface area contributed by atoms with Crippen LogP contribution in [0.4, 0.5) is 0 Å². The molecule has 1 aliphatic rings. The molecule has 0 bridgehead atoms. The first kappa shape index (κ1) is 25.5. The SMILES string of the molecule is CCN(CC)CCN1C(=O)C(=O)C(=C(O)c2ccc(Br)cc2)C1c1ccc(OCC(N)=O)cc1. The van der Waals surface area contributed by atoms with Gasteiger partial charge in [-0.25, -0.2) is 0 Å². The standard InChI is InChI=1S/C25H28BrN3O5/c1-3-28(4-2)13-14-29-22(16-7-11-19(12-8-16)34-15-20(27)30)21(24(32)25(29)33)23(31)17-5-9-18(26)10-6-17/h5-12,22,31H,3-4,13-15H2,1-2H3,(H2,27,30). The van der Waals surface area contributed by atoms with Crippen LogP contribution in [0.15, 0.2) is 58.6 Å². The van der Waals surface area contributed by atoms with E-state index in [1.807, 2.05) is 13.8 Å². The maximum atomic E-state index is 13.1. The molecular formula is C25H28BrN3O5. The highest BCUT2D eigenvalue weighted by atomic mass is 79.9. The Morgan fingerprint density at radius 2 is 1.71 bits per heavy atom. The number of aliphatic hydroxyl groups excluding tert-OH is 1. The molecule has 0 aliphatic carbocycles. The molecule has 3 rings (SSSR count). The number of likely N-dealkylation sites (N-methyl/N-ethyl adjacent to an activating group) is 1. The number of likely N-dealkylation sites (tertiary alicyclic amines) is 1. The summed E-state index contributed by atoms with van der Waals surface area (Å²) in [6.07, 6.45) is 0. The van der Waals surface area contributed by atoms with Crippen molar-refractivity contribution >= 4 is 39.3 Å². The van der Waals surface area contributed by atoms with Gasteiger partial charge < -0.3 is 25.4 Å². The lowest BCUT2D eigenvalue weighted by Gasteiger charge is -2.28. The van der Waals surface area contributed by atoms with E-state index in [0.717, 1.165) is 17.6 Å². The number of hydrogen-bond acceptors (Lipinski definition) is 6. The fraction of sp³-hybridized carbons (Fsp3) is 0.320. The van der Waals surface area contributed by atoms with Crippen LogP contribution in [0.2, 0.25) is 0 Å². The first-order valence-electron chi connectivity index (χ1n) is 11.0. The number of carbonyl (C=O) groups is 3. The lowest BCUT2D eigenvalue weighted by Crippen LogP contribution is -2.38. The zero-order valence-corrected chi connectivity index (χ0v) is 20.7. The van der Waals surface area contributed by atoms with E-state index in [1.165, 1.54) is 4.90 Å². The van der Waals surface area contributed by atoms with E-state index < -0.39 is 23.6 Å². The molecule has 2 aromatic carbocycles. The van der Waals surface area contributed by atoms with E-state index in [1.54, 1.807) is 48.5 Å². The molecule has 2 aromatic rings. The van der Waals surface area contributed by atoms with Crippen molar-refractivity contribution in [1.82, 2.24) is 9.80 Å². The summed E-state index contributed by atoms with van der Waals surface area (Å²) in [4.78, 5) is 40.8. The van der Waals surface area contributed by atoms with Gasteiger partial charge in [0.25, 0.3) is 17.6 Å². The normalized spacial score (nSPS) is 17.4. The molecule has 0 saturated carbocycles. The zero-order valence-electron chi connectivity index (χ0n) is 19.2. The number of benzene rings is 2. The molecule has 3 N–H and O–H groups in total. The van der Waals surface area contributed by atoms with Crippen molar-refractivity contribution in [3.63, 3.8) is 0 Å². The number of nitrogens with two attached hydrogens (primary N) is 1. The number of ketones is 1. The summed E-state index contributed by atoms with van der Waals surface area (Å²) in [6.45, 7) is 6.36. The molecule has 2 amide bonds. The van der Waals surface area contributed by atoms with Crippen LogP contribution in [0.3, 0.4) is 0 Å². The fourth-order valence-electron chi connectivity index (χ4n) is 3.91. The van der Waals surface area contributed by atoms with Gasteiger partial charge in [0.05, 0.1) is 11.6 Å². The number of aliphatic hydroxyl groups is 1. The first-order chi connectivity index (χ1) is 16.3. The summed E-state index contributed by atoms with van der Waals surface area (Å²) in [5.74, 6) is -1.77. The topological polar surface area (TPSA) is 113 Å². The number of halogens is 1. The van der Waals surface area contributed by atoms with Gasteiger partial charge >= 0.3 is 0 Å². The van der Waals surface area contributed by atoms with Gasteiger partial charge in [-0.05, 0) is 42.9 Å². The summed E-state index contributed by atoms with van der Waals surface area (Å²) in [7, 11) is 0. The quantitative estimate of drug-likeness (QED) is 0.277. The summed E-state index contributed by atoms with van der Waals surface area (Å²) >= 11 is 3.36. The monoisotopic (exact) mass is 529 g/mol. The smallest absolute Gasteiger partial charge is 0.295 e. The van der Waals surface area contributed by atoms with Crippen molar-refractivity contribution < 1.29 is 24.2 Å². The van der Waals surface area contributed by atoms with E-state index in [2.05, 4.69) is 20.8 Å². The van der Waals surface area contributed by atoms with E-state index in [0.29, 0.717) is 30.0 Å². The minimum atomic E-state index is -0.760. The molecule has 34 heavy (non-hydrogen) atoms. The first-order valence-corrected chi connectivity index (χ1v) is 11.8. The zero-order chi connectivity index (χ0) is 24.8. The second-order valence-electron chi connectivity index (χ2n) is 7.85. The molecule has 1 heterocycles. The maximum Gasteiger partial charge on any atom is 0.295 e. The van der Waals surface area contributed by atoms with Gasteiger partial charge in [0.15, 0.2) is 6.61 Å². The van der Waals surface area contributed by atoms with Crippen molar-refractivity contribution in [2.75, 3.05) is 32.8 Å². The molecule has 0 aromatic heterocycles. The van der Waals surface area contributed by atoms with Crippen molar-refractivity contribution in [3.8, 4) is 5.75 Å². The van der Waals surface area contributed by atoms with Crippen molar-refractivity contribution in [2.45, 2.75) is 19.9 Å². The Morgan fingerprint density at radius 3 is 2.26 bits per heavy atom. The van der Waals surface area contributed by atoms with Gasteiger partial charge in [-0.15, -0.1) is 0 Å². The fourth-order valence-corrected chi connectivity index (χ4v) is 4.17. The summed E-state index contributed by atoms with van der Waals surface area (Å²) in [5, 5.41) is 11.1. The molecule has 0 radical (unpaired) electrons. The second-order valence-corrected chi connectivity index (χ2v) is 8.77. The average Bonchev–Trinajstić information content (AvgIpc) is 3.08. The number of Topliss-reactive ketones (excluding diaryl/α,β-unsaturated/α-hetero) is 1. The van der Waals surface area contributed by atoms with Crippen molar-refractivity contribution in [2.24, 2.45) is 5.73 Å². The molecule has 1 atom stereocenters. The Bertz CT molecular complexity index is 1080. The van der Waals surface area contributed by atoms with E-state index in [9.17, 15) is 19.5 Å². The summed E-state index contributed by atoms with van der Waals surface area (Å²) in [6, 6.07) is 12.8. The lowest BCUT2D eigenvalue weighted by atomic mass is 9.95. The number of ether oxygens (including phenoxy) is 1. The number of rotatable bonds is 10. The highest BCUT2D eigenvalue weighted by Crippen LogP contribution is 2.39. The molecule has 1 unspecified atom stereocenters. The largest absolute Gasteiger partial charge is 0.507 e. The van der Waals surface area contributed by atoms with Crippen LogP contribution < -0.4 is 10.5 Å². The third-order valence-electron chi connectivity index (χ3n) is 5.79. The number of hydrogen-bond donors (Lipinski definition) is 2. The maximum absolute atomic E-state index is 13.1. The van der Waals surface area contributed by atoms with Gasteiger partial charge in [-0.2, -0.15) is 0 Å². The van der Waals surface area contributed by atoms with Crippen LogP contribution >= 0.6 is 15.9 Å². The minimum absolute atomic E-state index is 0.0395. The number of amides is 2. The molecule has 9 heteroatoms. The van der Waals surface area contributed by atoms with E-state index >= 15 is 0 Å². The second kappa shape index (κ2) is 11.3. The Hall–Kier alpha value is -3.17. The van der Waals surface area contributed by atoms with Crippen molar-refractivity contribution in [3.05, 3.63) is 69.7 Å². The van der Waals surface area contributed by atoms with Crippen LogP contribution in [0.5, 0.6) is 5.75 Å². The van der Waals surface area contributed by atoms with Crippen LogP contribution in [-0.4, -0.2) is 65.3 Å². The number of primary amides is 1. The van der Waals surface area contributed by atoms with Gasteiger partial charge in [-0.1, -0.05) is 54.0 Å². The third-order valence-corrected chi connectivity index (χ3v) is 6.31. The van der Waals surface area contributed by atoms with Crippen molar-refractivity contribution in [1.29, 1.82) is 0 Å². The molecule has 180 valence electrons. The average molecular weight is 530 g/mol. The Morgan fingerprint density at radius 1 is 1.09 bits per heavy atom. The molecule has 0 spiro atoms. The molecule has 1 saturated heterocycles. The van der Waals surface area contributed by atoms with Gasteiger partial charge in [-0.3, -0.25) is 14.4 Å². The molecule has 1 aliphatic heterocycles. The van der Waals surface area contributed by atoms with Gasteiger partial charge in [0.2, 0.25) is 0 Å². The predicted molar refractivity (Wildman–Crippen MR) is 132 cm³/mol. The van der Waals surface area contributed by atoms with Crippen LogP contribution in [0.25, 0.3) is 5.76 Å². The summed E-state index contributed by atoms with van der Waals surface area (Å²) < 4.78 is 6.15. The summed E-state index contributed by atoms with van der Waals surface area (Å²) in [5.41, 5.74) is 6.25. The highest BCUT2D eigenvalue weighted by molar-refractivity contribution is 9.10. The van der Waals surface area contributed by atoms with E-state index in [4.69, 9.17) is 10.5 Å². The highest BCUT2D eigenvalue weighted by Gasteiger charge is 2.45. The Labute approximate surface area is 207 Å². The van der Waals surface area contributed by atoms with Crippen LogP contribution in [0, 0.1) is 0 Å². The lowest BCUT2D eigenvalue weighted by molar-refractivity contribution is -0.140. The Balaban J connectivity index is 2.03. The van der Waals surface area contributed by atoms with Crippen LogP contribution in [-0.2, 0) is 14.4 Å². The van der Waals surface area contributed by atoms with E-state index in [-0.39, 0.29) is 17.9 Å². The van der Waals surface area contributed by atoms with Gasteiger partial charge in [0, 0.05) is 23.1 Å². The number of nitrogens with zero attached hydrogens (tertiary/aromatic N) is 2.